The Labute approximate surface area is 105 Å². The van der Waals surface area contributed by atoms with Gasteiger partial charge < -0.3 is 0 Å². The van der Waals surface area contributed by atoms with Crippen molar-refractivity contribution in [1.29, 1.82) is 0 Å². The zero-order chi connectivity index (χ0) is 11.7. The number of aromatic amines is 1. The monoisotopic (exact) mass is 247 g/mol. The molecule has 0 aliphatic heterocycles. The molecule has 1 N–H and O–H groups in total. The molecule has 0 unspecified atom stereocenters. The van der Waals surface area contributed by atoms with Gasteiger partial charge in [0.05, 0.1) is 5.69 Å². The molecule has 3 rings (SSSR count). The van der Waals surface area contributed by atoms with E-state index in [9.17, 15) is 0 Å². The number of nitrogens with one attached hydrogen (secondary N) is 1. The van der Waals surface area contributed by atoms with Crippen LogP contribution in [0.25, 0.3) is 11.4 Å². The Morgan fingerprint density at radius 2 is 2.24 bits per heavy atom. The largest absolute Gasteiger partial charge is 0.281 e. The topological polar surface area (TPSA) is 41.6 Å². The number of nitrogens with zero attached hydrogens (tertiary/aromatic N) is 2. The first-order valence-corrected chi connectivity index (χ1v) is 6.48. The molecule has 0 aromatic carbocycles. The molecule has 0 bridgehead atoms. The second-order valence-corrected chi connectivity index (χ2v) is 4.77. The Morgan fingerprint density at radius 1 is 1.35 bits per heavy atom. The van der Waals surface area contributed by atoms with Gasteiger partial charge in [0.2, 0.25) is 0 Å². The summed E-state index contributed by atoms with van der Waals surface area (Å²) in [5, 5.41) is 7.59. The van der Waals surface area contributed by atoms with E-state index in [1.165, 1.54) is 24.1 Å². The number of H-pyrrole nitrogens is 1. The van der Waals surface area contributed by atoms with Crippen LogP contribution in [-0.4, -0.2) is 21.1 Å². The van der Waals surface area contributed by atoms with E-state index in [2.05, 4.69) is 15.2 Å². The summed E-state index contributed by atoms with van der Waals surface area (Å²) < 4.78 is 0. The van der Waals surface area contributed by atoms with E-state index in [-0.39, 0.29) is 0 Å². The third-order valence-corrected chi connectivity index (χ3v) is 3.33. The number of aromatic nitrogens is 3. The summed E-state index contributed by atoms with van der Waals surface area (Å²) in [7, 11) is 0. The molecule has 0 radical (unpaired) electrons. The van der Waals surface area contributed by atoms with Crippen LogP contribution in [-0.2, 0) is 6.42 Å². The predicted molar refractivity (Wildman–Crippen MR) is 68.2 cm³/mol. The van der Waals surface area contributed by atoms with Crippen molar-refractivity contribution >= 4 is 11.6 Å². The summed E-state index contributed by atoms with van der Waals surface area (Å²) in [6, 6.07) is 5.89. The van der Waals surface area contributed by atoms with Crippen molar-refractivity contribution in [3.63, 3.8) is 0 Å². The fraction of sp³-hybridized carbons (Fsp3) is 0.385. The molecule has 2 aromatic heterocycles. The average Bonchev–Trinajstić information content (AvgIpc) is 3.13. The number of pyridine rings is 1. The lowest BCUT2D eigenvalue weighted by molar-refractivity contribution is 0.947. The third-order valence-electron chi connectivity index (χ3n) is 3.14. The van der Waals surface area contributed by atoms with Gasteiger partial charge in [-0.1, -0.05) is 6.07 Å². The standard InChI is InChI=1S/C13H14ClN3/c14-7-6-10-12(9-4-5-9)16-17-13(10)11-3-1-2-8-15-11/h1-3,8-9H,4-7H2,(H,16,17). The maximum absolute atomic E-state index is 5.89. The van der Waals surface area contributed by atoms with E-state index < -0.39 is 0 Å². The molecule has 2 aromatic rings. The Bertz CT molecular complexity index is 503. The molecule has 4 heteroatoms. The van der Waals surface area contributed by atoms with Gasteiger partial charge in [-0.25, -0.2) is 0 Å². The summed E-state index contributed by atoms with van der Waals surface area (Å²) in [6.07, 6.45) is 5.18. The predicted octanol–water partition coefficient (Wildman–Crippen LogP) is 3.13. The smallest absolute Gasteiger partial charge is 0.114 e. The molecule has 3 nitrogen and oxygen atoms in total. The van der Waals surface area contributed by atoms with Crippen LogP contribution < -0.4 is 0 Å². The van der Waals surface area contributed by atoms with Gasteiger partial charge in [-0.3, -0.25) is 10.1 Å². The molecule has 0 saturated heterocycles. The van der Waals surface area contributed by atoms with Crippen LogP contribution >= 0.6 is 11.6 Å². The first-order valence-electron chi connectivity index (χ1n) is 5.94. The van der Waals surface area contributed by atoms with Crippen molar-refractivity contribution < 1.29 is 0 Å². The van der Waals surface area contributed by atoms with Crippen LogP contribution in [0.5, 0.6) is 0 Å². The molecule has 0 atom stereocenters. The van der Waals surface area contributed by atoms with Gasteiger partial charge in [0.15, 0.2) is 0 Å². The van der Waals surface area contributed by atoms with Crippen molar-refractivity contribution in [3.05, 3.63) is 35.7 Å². The molecular weight excluding hydrogens is 234 g/mol. The zero-order valence-electron chi connectivity index (χ0n) is 9.49. The van der Waals surface area contributed by atoms with E-state index in [0.29, 0.717) is 11.8 Å². The number of rotatable bonds is 4. The second kappa shape index (κ2) is 4.49. The summed E-state index contributed by atoms with van der Waals surface area (Å²) in [6.45, 7) is 0. The summed E-state index contributed by atoms with van der Waals surface area (Å²) >= 11 is 5.89. The highest BCUT2D eigenvalue weighted by atomic mass is 35.5. The van der Waals surface area contributed by atoms with Crippen molar-refractivity contribution in [2.24, 2.45) is 0 Å². The molecule has 1 aliphatic rings. The molecule has 0 amide bonds. The Balaban J connectivity index is 2.04. The second-order valence-electron chi connectivity index (χ2n) is 4.39. The summed E-state index contributed by atoms with van der Waals surface area (Å²) in [5.41, 5.74) is 4.41. The van der Waals surface area contributed by atoms with Crippen LogP contribution in [0.3, 0.4) is 0 Å². The number of hydrogen-bond donors (Lipinski definition) is 1. The Morgan fingerprint density at radius 3 is 2.88 bits per heavy atom. The quantitative estimate of drug-likeness (QED) is 0.844. The molecule has 0 spiro atoms. The molecular formula is C13H14ClN3. The van der Waals surface area contributed by atoms with Gasteiger partial charge in [0.25, 0.3) is 0 Å². The van der Waals surface area contributed by atoms with Crippen molar-refractivity contribution in [2.75, 3.05) is 5.88 Å². The van der Waals surface area contributed by atoms with Gasteiger partial charge in [-0.05, 0) is 31.4 Å². The molecule has 1 saturated carbocycles. The highest BCUT2D eigenvalue weighted by Crippen LogP contribution is 2.42. The fourth-order valence-corrected chi connectivity index (χ4v) is 2.34. The maximum atomic E-state index is 5.89. The lowest BCUT2D eigenvalue weighted by atomic mass is 10.1. The van der Waals surface area contributed by atoms with E-state index in [1.807, 2.05) is 18.2 Å². The van der Waals surface area contributed by atoms with Gasteiger partial charge >= 0.3 is 0 Å². The van der Waals surface area contributed by atoms with Crippen LogP contribution in [0, 0.1) is 0 Å². The number of alkyl halides is 1. The molecule has 1 aliphatic carbocycles. The third kappa shape index (κ3) is 2.07. The normalized spacial score (nSPS) is 15.1. The molecule has 1 fully saturated rings. The van der Waals surface area contributed by atoms with Crippen LogP contribution in [0.1, 0.15) is 30.0 Å². The fourth-order valence-electron chi connectivity index (χ4n) is 2.15. The summed E-state index contributed by atoms with van der Waals surface area (Å²) in [5.74, 6) is 1.29. The maximum Gasteiger partial charge on any atom is 0.114 e. The van der Waals surface area contributed by atoms with Crippen LogP contribution in [0.4, 0.5) is 0 Å². The first kappa shape index (κ1) is 10.8. The van der Waals surface area contributed by atoms with Crippen molar-refractivity contribution in [2.45, 2.75) is 25.2 Å². The number of halogens is 1. The minimum absolute atomic E-state index is 0.624. The molecule has 2 heterocycles. The minimum atomic E-state index is 0.624. The van der Waals surface area contributed by atoms with Crippen LogP contribution in [0.2, 0.25) is 0 Å². The highest BCUT2D eigenvalue weighted by Gasteiger charge is 2.29. The Hall–Kier alpha value is -1.35. The van der Waals surface area contributed by atoms with E-state index in [0.717, 1.165) is 17.8 Å². The molecule has 17 heavy (non-hydrogen) atoms. The van der Waals surface area contributed by atoms with E-state index in [1.54, 1.807) is 6.20 Å². The lowest BCUT2D eigenvalue weighted by Gasteiger charge is -2.02. The Kier molecular flexibility index (Phi) is 2.85. The van der Waals surface area contributed by atoms with Crippen LogP contribution in [0.15, 0.2) is 24.4 Å². The van der Waals surface area contributed by atoms with Gasteiger partial charge in [-0.2, -0.15) is 5.10 Å². The SMILES string of the molecule is ClCCc1c(-c2ccccn2)n[nH]c1C1CC1. The lowest BCUT2D eigenvalue weighted by Crippen LogP contribution is -1.94. The average molecular weight is 248 g/mol. The number of hydrogen-bond acceptors (Lipinski definition) is 2. The van der Waals surface area contributed by atoms with E-state index >= 15 is 0 Å². The van der Waals surface area contributed by atoms with Gasteiger partial charge in [-0.15, -0.1) is 11.6 Å². The molecule has 88 valence electrons. The first-order chi connectivity index (χ1) is 8.40. The van der Waals surface area contributed by atoms with E-state index in [4.69, 9.17) is 11.6 Å². The minimum Gasteiger partial charge on any atom is -0.281 e. The zero-order valence-corrected chi connectivity index (χ0v) is 10.2. The van der Waals surface area contributed by atoms with Gasteiger partial charge in [0, 0.05) is 29.3 Å². The summed E-state index contributed by atoms with van der Waals surface area (Å²) in [4.78, 5) is 4.36. The highest BCUT2D eigenvalue weighted by molar-refractivity contribution is 6.18. The van der Waals surface area contributed by atoms with Crippen molar-refractivity contribution in [1.82, 2.24) is 15.2 Å². The van der Waals surface area contributed by atoms with Crippen molar-refractivity contribution in [3.8, 4) is 11.4 Å². The van der Waals surface area contributed by atoms with Gasteiger partial charge in [0.1, 0.15) is 5.69 Å².